The van der Waals surface area contributed by atoms with E-state index >= 15 is 0 Å². The standard InChI is InChI=1S/C31H22O2/c1-31(2)23-11-5-6-12-25(23)32-28-18-20(14-16-24(28)31)22-10-7-13-26-30(22)29-21-9-4-3-8-19(21)15-17-27(29)33-26/h3-18H,1-2H3. The van der Waals surface area contributed by atoms with Gasteiger partial charge in [-0.25, -0.2) is 0 Å². The Morgan fingerprint density at radius 3 is 2.33 bits per heavy atom. The SMILES string of the molecule is CC1(C)c2ccccc2Oc2cc(-c3cccc4oc5ccc6ccccc6c5c34)ccc21. The van der Waals surface area contributed by atoms with Crippen molar-refractivity contribution < 1.29 is 9.15 Å². The molecule has 6 aromatic rings. The van der Waals surface area contributed by atoms with Crippen LogP contribution in [0.5, 0.6) is 11.5 Å². The molecule has 0 amide bonds. The Hall–Kier alpha value is -4.04. The third-order valence-corrected chi connectivity index (χ3v) is 7.13. The zero-order valence-corrected chi connectivity index (χ0v) is 18.6. The van der Waals surface area contributed by atoms with Gasteiger partial charge in [0.2, 0.25) is 0 Å². The summed E-state index contributed by atoms with van der Waals surface area (Å²) in [7, 11) is 0. The van der Waals surface area contributed by atoms with E-state index in [0.29, 0.717) is 0 Å². The summed E-state index contributed by atoms with van der Waals surface area (Å²) in [5.74, 6) is 1.86. The zero-order valence-electron chi connectivity index (χ0n) is 18.6. The maximum Gasteiger partial charge on any atom is 0.136 e. The fraction of sp³-hybridized carbons (Fsp3) is 0.0968. The molecule has 1 aromatic heterocycles. The minimum absolute atomic E-state index is 0.118. The summed E-state index contributed by atoms with van der Waals surface area (Å²) < 4.78 is 12.7. The molecule has 2 heterocycles. The van der Waals surface area contributed by atoms with Crippen LogP contribution in [0.15, 0.2) is 101 Å². The number of rotatable bonds is 1. The first-order chi connectivity index (χ1) is 16.1. The van der Waals surface area contributed by atoms with E-state index in [1.807, 2.05) is 6.07 Å². The van der Waals surface area contributed by atoms with E-state index in [4.69, 9.17) is 9.15 Å². The molecule has 2 heteroatoms. The van der Waals surface area contributed by atoms with Crippen molar-refractivity contribution in [3.8, 4) is 22.6 Å². The predicted octanol–water partition coefficient (Wildman–Crippen LogP) is 8.84. The first-order valence-corrected chi connectivity index (χ1v) is 11.4. The molecule has 0 saturated carbocycles. The molecule has 7 rings (SSSR count). The Bertz CT molecular complexity index is 1720. The van der Waals surface area contributed by atoms with Gasteiger partial charge in [-0.05, 0) is 46.2 Å². The summed E-state index contributed by atoms with van der Waals surface area (Å²) in [6.07, 6.45) is 0. The molecule has 0 unspecified atom stereocenters. The quantitative estimate of drug-likeness (QED) is 0.262. The van der Waals surface area contributed by atoms with Crippen molar-refractivity contribution in [2.45, 2.75) is 19.3 Å². The van der Waals surface area contributed by atoms with E-state index in [1.54, 1.807) is 0 Å². The van der Waals surface area contributed by atoms with Crippen molar-refractivity contribution in [3.05, 3.63) is 108 Å². The number of para-hydroxylation sites is 1. The molecule has 0 bridgehead atoms. The third kappa shape index (κ3) is 2.55. The topological polar surface area (TPSA) is 22.4 Å². The van der Waals surface area contributed by atoms with Gasteiger partial charge >= 0.3 is 0 Å². The first-order valence-electron chi connectivity index (χ1n) is 11.4. The van der Waals surface area contributed by atoms with Crippen LogP contribution >= 0.6 is 0 Å². The second-order valence-electron chi connectivity index (χ2n) is 9.37. The largest absolute Gasteiger partial charge is 0.457 e. The van der Waals surface area contributed by atoms with Gasteiger partial charge in [-0.15, -0.1) is 0 Å². The normalized spacial score (nSPS) is 14.2. The lowest BCUT2D eigenvalue weighted by molar-refractivity contribution is 0.418. The van der Waals surface area contributed by atoms with Crippen LogP contribution in [0.2, 0.25) is 0 Å². The molecule has 0 N–H and O–H groups in total. The molecule has 0 saturated heterocycles. The second-order valence-corrected chi connectivity index (χ2v) is 9.37. The zero-order chi connectivity index (χ0) is 22.2. The maximum absolute atomic E-state index is 6.40. The van der Waals surface area contributed by atoms with Crippen molar-refractivity contribution in [1.82, 2.24) is 0 Å². The molecule has 2 nitrogen and oxygen atoms in total. The molecule has 5 aromatic carbocycles. The van der Waals surface area contributed by atoms with Gasteiger partial charge in [0.25, 0.3) is 0 Å². The summed E-state index contributed by atoms with van der Waals surface area (Å²) in [6.45, 7) is 4.53. The van der Waals surface area contributed by atoms with Crippen LogP contribution in [0.3, 0.4) is 0 Å². The highest BCUT2D eigenvalue weighted by atomic mass is 16.5. The molecule has 0 fully saturated rings. The molecule has 0 atom stereocenters. The highest BCUT2D eigenvalue weighted by molar-refractivity contribution is 6.22. The first kappa shape index (κ1) is 18.5. The Labute approximate surface area is 192 Å². The molecular formula is C31H22O2. The van der Waals surface area contributed by atoms with Crippen LogP contribution in [0.4, 0.5) is 0 Å². The van der Waals surface area contributed by atoms with Gasteiger partial charge in [0, 0.05) is 27.3 Å². The van der Waals surface area contributed by atoms with Gasteiger partial charge in [-0.1, -0.05) is 86.6 Å². The number of ether oxygens (including phenoxy) is 1. The van der Waals surface area contributed by atoms with E-state index in [9.17, 15) is 0 Å². The number of hydrogen-bond donors (Lipinski definition) is 0. The van der Waals surface area contributed by atoms with E-state index < -0.39 is 0 Å². The summed E-state index contributed by atoms with van der Waals surface area (Å²) >= 11 is 0. The maximum atomic E-state index is 6.40. The minimum Gasteiger partial charge on any atom is -0.457 e. The van der Waals surface area contributed by atoms with Gasteiger partial charge in [0.1, 0.15) is 22.7 Å². The van der Waals surface area contributed by atoms with Crippen molar-refractivity contribution in [3.63, 3.8) is 0 Å². The number of fused-ring (bicyclic) bond motifs is 7. The van der Waals surface area contributed by atoms with Gasteiger partial charge in [0.15, 0.2) is 0 Å². The lowest BCUT2D eigenvalue weighted by Gasteiger charge is -2.34. The van der Waals surface area contributed by atoms with Crippen molar-refractivity contribution >= 4 is 32.7 Å². The van der Waals surface area contributed by atoms with E-state index in [1.165, 1.54) is 27.3 Å². The average Bonchev–Trinajstić information content (AvgIpc) is 3.23. The van der Waals surface area contributed by atoms with Crippen LogP contribution in [-0.4, -0.2) is 0 Å². The lowest BCUT2D eigenvalue weighted by Crippen LogP contribution is -2.24. The predicted molar refractivity (Wildman–Crippen MR) is 135 cm³/mol. The van der Waals surface area contributed by atoms with Gasteiger partial charge in [-0.2, -0.15) is 0 Å². The third-order valence-electron chi connectivity index (χ3n) is 7.13. The Morgan fingerprint density at radius 2 is 1.39 bits per heavy atom. The molecule has 1 aliphatic heterocycles. The highest BCUT2D eigenvalue weighted by Gasteiger charge is 2.34. The molecule has 33 heavy (non-hydrogen) atoms. The van der Waals surface area contributed by atoms with E-state index in [0.717, 1.165) is 39.2 Å². The molecule has 0 aliphatic carbocycles. The lowest BCUT2D eigenvalue weighted by atomic mass is 9.75. The van der Waals surface area contributed by atoms with E-state index in [-0.39, 0.29) is 5.41 Å². The van der Waals surface area contributed by atoms with Crippen LogP contribution in [0, 0.1) is 0 Å². The molecule has 1 aliphatic rings. The molecule has 0 spiro atoms. The fourth-order valence-corrected chi connectivity index (χ4v) is 5.45. The van der Waals surface area contributed by atoms with Gasteiger partial charge in [-0.3, -0.25) is 0 Å². The van der Waals surface area contributed by atoms with Crippen LogP contribution in [0.25, 0.3) is 43.8 Å². The van der Waals surface area contributed by atoms with Crippen molar-refractivity contribution in [1.29, 1.82) is 0 Å². The summed E-state index contributed by atoms with van der Waals surface area (Å²) in [6, 6.07) is 34.0. The van der Waals surface area contributed by atoms with Crippen molar-refractivity contribution in [2.24, 2.45) is 0 Å². The monoisotopic (exact) mass is 426 g/mol. The number of furan rings is 1. The smallest absolute Gasteiger partial charge is 0.136 e. The van der Waals surface area contributed by atoms with E-state index in [2.05, 4.69) is 105 Å². The second kappa shape index (κ2) is 6.49. The number of benzene rings is 5. The van der Waals surface area contributed by atoms with Crippen LogP contribution in [-0.2, 0) is 5.41 Å². The number of hydrogen-bond acceptors (Lipinski definition) is 2. The summed E-state index contributed by atoms with van der Waals surface area (Å²) in [5.41, 5.74) is 6.42. The summed E-state index contributed by atoms with van der Waals surface area (Å²) in [4.78, 5) is 0. The minimum atomic E-state index is -0.118. The van der Waals surface area contributed by atoms with Gasteiger partial charge < -0.3 is 9.15 Å². The van der Waals surface area contributed by atoms with Crippen molar-refractivity contribution in [2.75, 3.05) is 0 Å². The Balaban J connectivity index is 1.50. The highest BCUT2D eigenvalue weighted by Crippen LogP contribution is 2.49. The van der Waals surface area contributed by atoms with Gasteiger partial charge in [0.05, 0.1) is 0 Å². The Morgan fingerprint density at radius 1 is 0.606 bits per heavy atom. The average molecular weight is 427 g/mol. The van der Waals surface area contributed by atoms with Crippen LogP contribution < -0.4 is 4.74 Å². The molecular weight excluding hydrogens is 404 g/mol. The Kier molecular flexibility index (Phi) is 3.64. The molecule has 0 radical (unpaired) electrons. The fourth-order valence-electron chi connectivity index (χ4n) is 5.45. The summed E-state index contributed by atoms with van der Waals surface area (Å²) in [5, 5.41) is 4.75. The van der Waals surface area contributed by atoms with Crippen LogP contribution in [0.1, 0.15) is 25.0 Å². The molecule has 158 valence electrons.